The molecule has 1 aromatic rings. The molecule has 0 spiro atoms. The van der Waals surface area contributed by atoms with Crippen LogP contribution in [0.2, 0.25) is 0 Å². The first kappa shape index (κ1) is 15.0. The number of hydrogen-bond acceptors (Lipinski definition) is 2. The Balaban J connectivity index is 2.15. The van der Waals surface area contributed by atoms with Gasteiger partial charge in [0.15, 0.2) is 0 Å². The van der Waals surface area contributed by atoms with Crippen molar-refractivity contribution in [3.05, 3.63) is 35.4 Å². The minimum absolute atomic E-state index is 0.181. The number of nitrogens with zero attached hydrogens (tertiary/aromatic N) is 1. The van der Waals surface area contributed by atoms with Crippen molar-refractivity contribution in [2.24, 2.45) is 5.92 Å². The van der Waals surface area contributed by atoms with Crippen LogP contribution in [0.15, 0.2) is 24.3 Å². The van der Waals surface area contributed by atoms with Crippen molar-refractivity contribution in [1.29, 1.82) is 0 Å². The molecule has 1 N–H and O–H groups in total. The predicted molar refractivity (Wildman–Crippen MR) is 82.6 cm³/mol. The van der Waals surface area contributed by atoms with Crippen LogP contribution in [0.3, 0.4) is 0 Å². The molecule has 1 fully saturated rings. The van der Waals surface area contributed by atoms with E-state index < -0.39 is 0 Å². The minimum atomic E-state index is 0.181. The number of aryl methyl sites for hydroxylation is 1. The molecule has 1 saturated heterocycles. The van der Waals surface area contributed by atoms with Gasteiger partial charge < -0.3 is 10.2 Å². The van der Waals surface area contributed by atoms with Crippen LogP contribution in [0.1, 0.15) is 44.4 Å². The number of carbonyl (C=O) groups excluding carboxylic acids is 1. The Labute approximate surface area is 122 Å². The molecule has 1 atom stereocenters. The highest BCUT2D eigenvalue weighted by Crippen LogP contribution is 2.24. The zero-order chi connectivity index (χ0) is 14.5. The Hall–Kier alpha value is -1.35. The van der Waals surface area contributed by atoms with Crippen LogP contribution in [0.25, 0.3) is 0 Å². The second-order valence-electron chi connectivity index (χ2n) is 6.00. The molecule has 1 amide bonds. The van der Waals surface area contributed by atoms with E-state index in [2.05, 4.69) is 55.3 Å². The number of piperazine rings is 1. The van der Waals surface area contributed by atoms with Crippen molar-refractivity contribution in [2.45, 2.75) is 39.7 Å². The third kappa shape index (κ3) is 3.60. The lowest BCUT2D eigenvalue weighted by atomic mass is 9.99. The smallest absolute Gasteiger partial charge is 0.223 e. The lowest BCUT2D eigenvalue weighted by Gasteiger charge is -2.37. The molecule has 3 nitrogen and oxygen atoms in total. The standard InChI is InChI=1S/C17H26N2O/c1-4-14-5-7-15(8-6-14)16-12-18-9-10-19(16)17(20)11-13(2)3/h5-8,13,16,18H,4,9-12H2,1-3H3. The van der Waals surface area contributed by atoms with Gasteiger partial charge in [0, 0.05) is 26.1 Å². The summed E-state index contributed by atoms with van der Waals surface area (Å²) < 4.78 is 0. The molecule has 0 radical (unpaired) electrons. The molecular formula is C17H26N2O. The summed E-state index contributed by atoms with van der Waals surface area (Å²) in [5.41, 5.74) is 2.59. The molecule has 1 unspecified atom stereocenters. The van der Waals surface area contributed by atoms with Gasteiger partial charge in [-0.25, -0.2) is 0 Å². The van der Waals surface area contributed by atoms with Gasteiger partial charge in [0.2, 0.25) is 5.91 Å². The molecule has 110 valence electrons. The maximum absolute atomic E-state index is 12.4. The highest BCUT2D eigenvalue weighted by atomic mass is 16.2. The van der Waals surface area contributed by atoms with E-state index in [1.807, 2.05) is 0 Å². The first-order valence-electron chi connectivity index (χ1n) is 7.70. The first-order valence-corrected chi connectivity index (χ1v) is 7.70. The zero-order valence-corrected chi connectivity index (χ0v) is 12.9. The summed E-state index contributed by atoms with van der Waals surface area (Å²) in [6.07, 6.45) is 1.70. The Morgan fingerprint density at radius 3 is 2.65 bits per heavy atom. The van der Waals surface area contributed by atoms with Gasteiger partial charge in [0.1, 0.15) is 0 Å². The van der Waals surface area contributed by atoms with E-state index in [1.54, 1.807) is 0 Å². The van der Waals surface area contributed by atoms with Crippen LogP contribution in [0.5, 0.6) is 0 Å². The number of benzene rings is 1. The van der Waals surface area contributed by atoms with E-state index in [1.165, 1.54) is 11.1 Å². The van der Waals surface area contributed by atoms with Crippen LogP contribution in [0.4, 0.5) is 0 Å². The van der Waals surface area contributed by atoms with E-state index in [9.17, 15) is 4.79 Å². The molecule has 0 aliphatic carbocycles. The van der Waals surface area contributed by atoms with Gasteiger partial charge in [-0.2, -0.15) is 0 Å². The maximum Gasteiger partial charge on any atom is 0.223 e. The van der Waals surface area contributed by atoms with Crippen LogP contribution >= 0.6 is 0 Å². The molecule has 0 aromatic heterocycles. The number of nitrogens with one attached hydrogen (secondary N) is 1. The topological polar surface area (TPSA) is 32.3 Å². The normalized spacial score (nSPS) is 19.4. The molecule has 1 aliphatic rings. The molecule has 2 rings (SSSR count). The van der Waals surface area contributed by atoms with Gasteiger partial charge in [0.25, 0.3) is 0 Å². The average Bonchev–Trinajstić information content (AvgIpc) is 2.46. The number of amides is 1. The Bertz CT molecular complexity index is 439. The van der Waals surface area contributed by atoms with Crippen LogP contribution in [-0.4, -0.2) is 30.4 Å². The van der Waals surface area contributed by atoms with E-state index in [0.717, 1.165) is 26.1 Å². The fourth-order valence-corrected chi connectivity index (χ4v) is 2.74. The maximum atomic E-state index is 12.4. The second kappa shape index (κ2) is 6.89. The summed E-state index contributed by atoms with van der Waals surface area (Å²) in [6.45, 7) is 8.93. The summed E-state index contributed by atoms with van der Waals surface area (Å²) in [7, 11) is 0. The van der Waals surface area contributed by atoms with E-state index >= 15 is 0 Å². The molecule has 0 bridgehead atoms. The lowest BCUT2D eigenvalue weighted by Crippen LogP contribution is -2.48. The number of carbonyl (C=O) groups is 1. The Morgan fingerprint density at radius 2 is 2.05 bits per heavy atom. The summed E-state index contributed by atoms with van der Waals surface area (Å²) >= 11 is 0. The molecular weight excluding hydrogens is 248 g/mol. The van der Waals surface area contributed by atoms with E-state index in [4.69, 9.17) is 0 Å². The van der Waals surface area contributed by atoms with Gasteiger partial charge in [-0.05, 0) is 23.5 Å². The number of hydrogen-bond donors (Lipinski definition) is 1. The zero-order valence-electron chi connectivity index (χ0n) is 12.9. The third-order valence-electron chi connectivity index (χ3n) is 3.92. The van der Waals surface area contributed by atoms with E-state index in [-0.39, 0.29) is 11.9 Å². The van der Waals surface area contributed by atoms with Crippen molar-refractivity contribution < 1.29 is 4.79 Å². The summed E-state index contributed by atoms with van der Waals surface area (Å²) in [5, 5.41) is 3.41. The molecule has 20 heavy (non-hydrogen) atoms. The summed E-state index contributed by atoms with van der Waals surface area (Å²) in [6, 6.07) is 8.88. The quantitative estimate of drug-likeness (QED) is 0.915. The van der Waals surface area contributed by atoms with Gasteiger partial charge in [-0.15, -0.1) is 0 Å². The number of rotatable bonds is 4. The van der Waals surface area contributed by atoms with Crippen molar-refractivity contribution >= 4 is 5.91 Å². The molecule has 3 heteroatoms. The minimum Gasteiger partial charge on any atom is -0.333 e. The Kier molecular flexibility index (Phi) is 5.18. The van der Waals surface area contributed by atoms with E-state index in [0.29, 0.717) is 12.3 Å². The SMILES string of the molecule is CCc1ccc(C2CNCCN2C(=O)CC(C)C)cc1. The fraction of sp³-hybridized carbons (Fsp3) is 0.588. The average molecular weight is 274 g/mol. The van der Waals surface area contributed by atoms with Crippen molar-refractivity contribution in [2.75, 3.05) is 19.6 Å². The molecule has 1 aliphatic heterocycles. The first-order chi connectivity index (χ1) is 9.61. The highest BCUT2D eigenvalue weighted by Gasteiger charge is 2.27. The molecule has 0 saturated carbocycles. The van der Waals surface area contributed by atoms with Gasteiger partial charge in [-0.1, -0.05) is 45.0 Å². The summed E-state index contributed by atoms with van der Waals surface area (Å²) in [4.78, 5) is 14.5. The van der Waals surface area contributed by atoms with Gasteiger partial charge in [0.05, 0.1) is 6.04 Å². The highest BCUT2D eigenvalue weighted by molar-refractivity contribution is 5.77. The molecule has 1 heterocycles. The third-order valence-corrected chi connectivity index (χ3v) is 3.92. The van der Waals surface area contributed by atoms with Crippen molar-refractivity contribution in [3.8, 4) is 0 Å². The van der Waals surface area contributed by atoms with Crippen LogP contribution in [-0.2, 0) is 11.2 Å². The van der Waals surface area contributed by atoms with Crippen LogP contribution in [0, 0.1) is 5.92 Å². The lowest BCUT2D eigenvalue weighted by molar-refractivity contribution is -0.135. The second-order valence-corrected chi connectivity index (χ2v) is 6.00. The fourth-order valence-electron chi connectivity index (χ4n) is 2.74. The van der Waals surface area contributed by atoms with Gasteiger partial charge >= 0.3 is 0 Å². The van der Waals surface area contributed by atoms with Crippen molar-refractivity contribution in [1.82, 2.24) is 10.2 Å². The largest absolute Gasteiger partial charge is 0.333 e. The molecule has 1 aromatic carbocycles. The summed E-state index contributed by atoms with van der Waals surface area (Å²) in [5.74, 6) is 0.701. The van der Waals surface area contributed by atoms with Crippen LogP contribution < -0.4 is 5.32 Å². The van der Waals surface area contributed by atoms with Crippen molar-refractivity contribution in [3.63, 3.8) is 0 Å². The Morgan fingerprint density at radius 1 is 1.35 bits per heavy atom. The van der Waals surface area contributed by atoms with Gasteiger partial charge in [-0.3, -0.25) is 4.79 Å². The predicted octanol–water partition coefficient (Wildman–Crippen LogP) is 2.77. The monoisotopic (exact) mass is 274 g/mol.